The van der Waals surface area contributed by atoms with Crippen molar-refractivity contribution in [2.24, 2.45) is 0 Å². The molecule has 4 heterocycles. The van der Waals surface area contributed by atoms with Gasteiger partial charge in [0.2, 0.25) is 0 Å². The van der Waals surface area contributed by atoms with Crippen molar-refractivity contribution >= 4 is 46.1 Å². The summed E-state index contributed by atoms with van der Waals surface area (Å²) in [5.74, 6) is 0.499. The van der Waals surface area contributed by atoms with Crippen LogP contribution in [0.5, 0.6) is 0 Å². The van der Waals surface area contributed by atoms with Gasteiger partial charge in [0.05, 0.1) is 21.8 Å². The Bertz CT molecular complexity index is 1440. The number of rotatable bonds is 3. The summed E-state index contributed by atoms with van der Waals surface area (Å²) in [6.45, 7) is 16.3. The fraction of sp³-hybridized carbons (Fsp3) is 0.519. The molecule has 9 nitrogen and oxygen atoms in total. The molecule has 4 rings (SSSR count). The number of hydrogen-bond acceptors (Lipinski definition) is 7. The Balaban J connectivity index is 1.89. The molecule has 0 radical (unpaired) electrons. The topological polar surface area (TPSA) is 93.5 Å². The summed E-state index contributed by atoms with van der Waals surface area (Å²) in [4.78, 5) is 44.0. The van der Waals surface area contributed by atoms with Crippen LogP contribution in [-0.2, 0) is 4.74 Å². The summed E-state index contributed by atoms with van der Waals surface area (Å²) in [6, 6.07) is 3.21. The molecule has 1 aliphatic heterocycles. The van der Waals surface area contributed by atoms with E-state index in [4.69, 9.17) is 27.9 Å². The van der Waals surface area contributed by atoms with Gasteiger partial charge in [-0.15, -0.1) is 0 Å². The molecule has 0 aromatic carbocycles. The SMILES string of the molecule is Cc1ccnc(C(C)C)c1-n1c(=O)nc(N2C(C)CN(C(=O)OC(C)(C)C)CC2C)c2cc(Cl)c(Cl)nc21. The molecule has 0 N–H and O–H groups in total. The van der Waals surface area contributed by atoms with Crippen LogP contribution in [0.1, 0.15) is 65.6 Å². The van der Waals surface area contributed by atoms with Gasteiger partial charge in [-0.25, -0.2) is 19.1 Å². The van der Waals surface area contributed by atoms with E-state index in [0.717, 1.165) is 11.3 Å². The van der Waals surface area contributed by atoms with Crippen molar-refractivity contribution in [3.63, 3.8) is 0 Å². The van der Waals surface area contributed by atoms with Gasteiger partial charge in [-0.1, -0.05) is 37.0 Å². The van der Waals surface area contributed by atoms with Crippen LogP contribution in [0.4, 0.5) is 10.6 Å². The van der Waals surface area contributed by atoms with Gasteiger partial charge < -0.3 is 14.5 Å². The van der Waals surface area contributed by atoms with E-state index < -0.39 is 11.3 Å². The van der Waals surface area contributed by atoms with Crippen LogP contribution in [0.2, 0.25) is 10.2 Å². The van der Waals surface area contributed by atoms with Crippen molar-refractivity contribution in [1.82, 2.24) is 24.4 Å². The lowest BCUT2D eigenvalue weighted by molar-refractivity contribution is 0.0192. The molecular formula is C27H34Cl2N6O3. The molecule has 204 valence electrons. The minimum Gasteiger partial charge on any atom is -0.444 e. The summed E-state index contributed by atoms with van der Waals surface area (Å²) in [5, 5.41) is 0.932. The Morgan fingerprint density at radius 3 is 2.34 bits per heavy atom. The molecule has 0 bridgehead atoms. The molecule has 1 fully saturated rings. The summed E-state index contributed by atoms with van der Waals surface area (Å²) in [6.07, 6.45) is 1.36. The number of carbonyl (C=O) groups excluding carboxylic acids is 1. The number of aromatic nitrogens is 4. The second-order valence-electron chi connectivity index (χ2n) is 11.2. The molecule has 11 heteroatoms. The Morgan fingerprint density at radius 2 is 1.76 bits per heavy atom. The molecule has 2 atom stereocenters. The summed E-state index contributed by atoms with van der Waals surface area (Å²) in [5.41, 5.74) is 1.51. The maximum absolute atomic E-state index is 13.8. The highest BCUT2D eigenvalue weighted by molar-refractivity contribution is 6.41. The molecule has 3 aromatic rings. The highest BCUT2D eigenvalue weighted by atomic mass is 35.5. The maximum atomic E-state index is 13.8. The van der Waals surface area contributed by atoms with Gasteiger partial charge in [-0.2, -0.15) is 4.98 Å². The fourth-order valence-corrected chi connectivity index (χ4v) is 5.27. The van der Waals surface area contributed by atoms with E-state index in [2.05, 4.69) is 15.0 Å². The zero-order valence-electron chi connectivity index (χ0n) is 23.0. The second kappa shape index (κ2) is 10.3. The van der Waals surface area contributed by atoms with Gasteiger partial charge in [-0.05, 0) is 65.2 Å². The van der Waals surface area contributed by atoms with Crippen molar-refractivity contribution in [2.75, 3.05) is 18.0 Å². The number of anilines is 1. The summed E-state index contributed by atoms with van der Waals surface area (Å²) < 4.78 is 7.07. The van der Waals surface area contributed by atoms with Gasteiger partial charge in [-0.3, -0.25) is 4.98 Å². The third-order valence-electron chi connectivity index (χ3n) is 6.50. The lowest BCUT2D eigenvalue weighted by atomic mass is 10.0. The summed E-state index contributed by atoms with van der Waals surface area (Å²) in [7, 11) is 0. The number of amides is 1. The van der Waals surface area contributed by atoms with Crippen LogP contribution in [0.15, 0.2) is 23.1 Å². The molecule has 38 heavy (non-hydrogen) atoms. The molecule has 0 saturated carbocycles. The molecule has 1 amide bonds. The third kappa shape index (κ3) is 5.31. The van der Waals surface area contributed by atoms with Crippen LogP contribution in [-0.4, -0.2) is 61.3 Å². The Kier molecular flexibility index (Phi) is 7.65. The van der Waals surface area contributed by atoms with Crippen molar-refractivity contribution in [3.05, 3.63) is 50.2 Å². The molecule has 0 spiro atoms. The minimum atomic E-state index is -0.593. The zero-order valence-corrected chi connectivity index (χ0v) is 24.6. The van der Waals surface area contributed by atoms with Gasteiger partial charge >= 0.3 is 11.8 Å². The number of hydrogen-bond donors (Lipinski definition) is 0. The standard InChI is InChI=1S/C27H34Cl2N6O3/c1-14(2)20-21(15(3)9-10-30-20)35-23-18(11-19(28)22(29)31-23)24(32-25(35)36)34-16(4)12-33(13-17(34)5)26(37)38-27(6,7)8/h9-11,14,16-17H,12-13H2,1-8H3. The first kappa shape index (κ1) is 28.1. The van der Waals surface area contributed by atoms with E-state index in [0.29, 0.717) is 35.6 Å². The highest BCUT2D eigenvalue weighted by Gasteiger charge is 2.36. The van der Waals surface area contributed by atoms with E-state index in [9.17, 15) is 9.59 Å². The van der Waals surface area contributed by atoms with Crippen LogP contribution in [0.3, 0.4) is 0 Å². The smallest absolute Gasteiger partial charge is 0.410 e. The molecule has 0 aliphatic carbocycles. The second-order valence-corrected chi connectivity index (χ2v) is 12.0. The fourth-order valence-electron chi connectivity index (χ4n) is 4.98. The predicted molar refractivity (Wildman–Crippen MR) is 151 cm³/mol. The van der Waals surface area contributed by atoms with Crippen LogP contribution >= 0.6 is 23.2 Å². The average molecular weight is 562 g/mol. The minimum absolute atomic E-state index is 0.0512. The lowest BCUT2D eigenvalue weighted by Gasteiger charge is -2.45. The van der Waals surface area contributed by atoms with Crippen LogP contribution < -0.4 is 10.6 Å². The van der Waals surface area contributed by atoms with Gasteiger partial charge in [0, 0.05) is 31.4 Å². The van der Waals surface area contributed by atoms with Gasteiger partial charge in [0.1, 0.15) is 16.6 Å². The number of pyridine rings is 2. The first-order chi connectivity index (χ1) is 17.7. The number of halogens is 2. The predicted octanol–water partition coefficient (Wildman–Crippen LogP) is 5.75. The third-order valence-corrected chi connectivity index (χ3v) is 7.17. The highest BCUT2D eigenvalue weighted by Crippen LogP contribution is 2.35. The van der Waals surface area contributed by atoms with E-state index in [1.54, 1.807) is 17.2 Å². The largest absolute Gasteiger partial charge is 0.444 e. The Morgan fingerprint density at radius 1 is 1.13 bits per heavy atom. The Labute approximate surface area is 232 Å². The molecular weight excluding hydrogens is 527 g/mol. The van der Waals surface area contributed by atoms with Crippen LogP contribution in [0.25, 0.3) is 16.7 Å². The van der Waals surface area contributed by atoms with Crippen molar-refractivity contribution in [1.29, 1.82) is 0 Å². The van der Waals surface area contributed by atoms with Crippen molar-refractivity contribution in [2.45, 2.75) is 79.0 Å². The van der Waals surface area contributed by atoms with Gasteiger partial charge in [0.15, 0.2) is 5.65 Å². The average Bonchev–Trinajstić information content (AvgIpc) is 2.79. The normalized spacial score (nSPS) is 18.4. The van der Waals surface area contributed by atoms with Crippen LogP contribution in [0, 0.1) is 6.92 Å². The number of piperazine rings is 1. The van der Waals surface area contributed by atoms with E-state index >= 15 is 0 Å². The first-order valence-electron chi connectivity index (χ1n) is 12.7. The van der Waals surface area contributed by atoms with Crippen molar-refractivity contribution < 1.29 is 9.53 Å². The van der Waals surface area contributed by atoms with Gasteiger partial charge in [0.25, 0.3) is 0 Å². The van der Waals surface area contributed by atoms with E-state index in [1.165, 1.54) is 4.57 Å². The molecule has 1 aliphatic rings. The quantitative estimate of drug-likeness (QED) is 0.376. The van der Waals surface area contributed by atoms with Crippen molar-refractivity contribution in [3.8, 4) is 5.69 Å². The molecule has 3 aromatic heterocycles. The summed E-state index contributed by atoms with van der Waals surface area (Å²) >= 11 is 12.8. The molecule has 2 unspecified atom stereocenters. The maximum Gasteiger partial charge on any atom is 0.410 e. The Hall–Kier alpha value is -2.91. The number of ether oxygens (including phenoxy) is 1. The number of nitrogens with zero attached hydrogens (tertiary/aromatic N) is 6. The number of fused-ring (bicyclic) bond motifs is 1. The van der Waals surface area contributed by atoms with E-state index in [-0.39, 0.29) is 34.3 Å². The lowest BCUT2D eigenvalue weighted by Crippen LogP contribution is -2.59. The number of aryl methyl sites for hydroxylation is 1. The molecule has 1 saturated heterocycles. The zero-order chi connectivity index (χ0) is 28.1. The first-order valence-corrected chi connectivity index (χ1v) is 13.5. The number of carbonyl (C=O) groups is 1. The van der Waals surface area contributed by atoms with E-state index in [1.807, 2.05) is 66.4 Å². The monoisotopic (exact) mass is 560 g/mol.